The second-order valence-corrected chi connectivity index (χ2v) is 15.5. The Balaban J connectivity index is 0.888. The zero-order valence-electron chi connectivity index (χ0n) is 34.5. The molecule has 2 aromatic heterocycles. The van der Waals surface area contributed by atoms with Gasteiger partial charge >= 0.3 is 18.0 Å². The van der Waals surface area contributed by atoms with Crippen molar-refractivity contribution >= 4 is 34.8 Å². The molecule has 2 saturated heterocycles. The molecule has 1 aromatic carbocycles. The van der Waals surface area contributed by atoms with Crippen LogP contribution in [0.3, 0.4) is 0 Å². The van der Waals surface area contributed by atoms with Crippen molar-refractivity contribution in [1.29, 1.82) is 0 Å². The molecule has 348 valence electrons. The minimum atomic E-state index is -1.93. The molecule has 4 aliphatic heterocycles. The van der Waals surface area contributed by atoms with E-state index in [9.17, 15) is 54.6 Å². The number of para-hydroxylation sites is 1. The molecule has 0 bridgehead atoms. The summed E-state index contributed by atoms with van der Waals surface area (Å²) in [5.74, 6) is -2.25. The van der Waals surface area contributed by atoms with Crippen molar-refractivity contribution in [3.63, 3.8) is 0 Å². The Morgan fingerprint density at radius 3 is 2.39 bits per heavy atom. The lowest BCUT2D eigenvalue weighted by Crippen LogP contribution is -2.65. The van der Waals surface area contributed by atoms with Gasteiger partial charge in [0.1, 0.15) is 49.3 Å². The van der Waals surface area contributed by atoms with Gasteiger partial charge in [0, 0.05) is 29.5 Å². The molecule has 0 aliphatic carbocycles. The number of hydrogen-bond donors (Lipinski definition) is 8. The van der Waals surface area contributed by atoms with Gasteiger partial charge in [0.15, 0.2) is 18.7 Å². The number of pyridine rings is 2. The van der Waals surface area contributed by atoms with Crippen LogP contribution in [-0.2, 0) is 71.0 Å². The van der Waals surface area contributed by atoms with E-state index >= 15 is 0 Å². The standard InChI is InChI=1S/C41H50N4O19/c1-2-41(22-14-24-29-20(13-19-5-3-4-6-23(19)44-29)15-45(24)36(54)21(22)18-59-39(41)55)64-28(49)8-7-27(48)43-9-10-57-11-12-58-38-35(32(52)30(50)25(16-46)61-38)62-37-33(53)34(63-40(42)56)31(51)26(17-47)60-37/h3-6,13-14,25-26,30-35,37-38,46-47,50-53H,2,7-12,15-18H2,1H3,(H2,42,56)(H,43,48)/t25-,26+,30+,31+,32-,33-,34-,35-,37+,38-,41-/m0/s1. The number of cyclic esters (lactones) is 1. The van der Waals surface area contributed by atoms with Crippen LogP contribution in [0.5, 0.6) is 0 Å². The van der Waals surface area contributed by atoms with Crippen molar-refractivity contribution in [3.8, 4) is 11.4 Å². The largest absolute Gasteiger partial charge is 0.457 e. The van der Waals surface area contributed by atoms with Crippen LogP contribution >= 0.6 is 0 Å². The predicted octanol–water partition coefficient (Wildman–Crippen LogP) is -2.71. The van der Waals surface area contributed by atoms with Crippen LogP contribution in [0.4, 0.5) is 4.79 Å². The third-order valence-corrected chi connectivity index (χ3v) is 11.5. The molecule has 2 amide bonds. The number of carbonyl (C=O) groups excluding carboxylic acids is 4. The molecular formula is C41H50N4O19. The third kappa shape index (κ3) is 9.32. The third-order valence-electron chi connectivity index (χ3n) is 11.5. The van der Waals surface area contributed by atoms with Crippen molar-refractivity contribution in [2.24, 2.45) is 5.73 Å². The fourth-order valence-electron chi connectivity index (χ4n) is 8.15. The summed E-state index contributed by atoms with van der Waals surface area (Å²) in [6.07, 6.45) is -18.6. The molecular weight excluding hydrogens is 852 g/mol. The number of fused-ring (bicyclic) bond motifs is 5. The fourth-order valence-corrected chi connectivity index (χ4v) is 8.15. The van der Waals surface area contributed by atoms with Crippen molar-refractivity contribution in [2.45, 2.75) is 106 Å². The Morgan fingerprint density at radius 2 is 1.66 bits per heavy atom. The van der Waals surface area contributed by atoms with E-state index in [2.05, 4.69) is 5.32 Å². The van der Waals surface area contributed by atoms with Gasteiger partial charge in [-0.2, -0.15) is 0 Å². The highest BCUT2D eigenvalue weighted by atomic mass is 16.8. The summed E-state index contributed by atoms with van der Waals surface area (Å²) in [7, 11) is 0. The minimum Gasteiger partial charge on any atom is -0.457 e. The highest BCUT2D eigenvalue weighted by Gasteiger charge is 2.53. The van der Waals surface area contributed by atoms with Crippen LogP contribution in [0, 0.1) is 0 Å². The van der Waals surface area contributed by atoms with Gasteiger partial charge in [0.25, 0.3) is 5.56 Å². The topological polar surface area (TPSA) is 336 Å². The second-order valence-electron chi connectivity index (χ2n) is 15.5. The maximum Gasteiger partial charge on any atom is 0.404 e. The zero-order chi connectivity index (χ0) is 45.9. The van der Waals surface area contributed by atoms with E-state index in [0.717, 1.165) is 16.5 Å². The Morgan fingerprint density at radius 1 is 0.922 bits per heavy atom. The van der Waals surface area contributed by atoms with E-state index in [1.165, 1.54) is 0 Å². The molecule has 0 unspecified atom stereocenters. The van der Waals surface area contributed by atoms with Crippen molar-refractivity contribution in [1.82, 2.24) is 14.9 Å². The molecule has 0 saturated carbocycles. The van der Waals surface area contributed by atoms with Gasteiger partial charge in [-0.25, -0.2) is 14.6 Å². The molecule has 9 N–H and O–H groups in total. The monoisotopic (exact) mass is 902 g/mol. The number of nitrogens with two attached hydrogens (primary N) is 1. The van der Waals surface area contributed by atoms with Crippen molar-refractivity contribution < 1.29 is 87.7 Å². The van der Waals surface area contributed by atoms with E-state index in [4.69, 9.17) is 48.6 Å². The molecule has 7 rings (SSSR count). The van der Waals surface area contributed by atoms with Crippen LogP contribution in [0.25, 0.3) is 22.3 Å². The van der Waals surface area contributed by atoms with Gasteiger partial charge in [0.05, 0.1) is 68.5 Å². The first kappa shape index (κ1) is 46.8. The first-order chi connectivity index (χ1) is 30.7. The summed E-state index contributed by atoms with van der Waals surface area (Å²) in [5.41, 5.74) is 5.73. The second kappa shape index (κ2) is 19.9. The molecule has 2 fully saturated rings. The first-order valence-corrected chi connectivity index (χ1v) is 20.6. The molecule has 23 heteroatoms. The lowest BCUT2D eigenvalue weighted by Gasteiger charge is -2.46. The molecule has 11 atom stereocenters. The average molecular weight is 903 g/mol. The Labute approximate surface area is 363 Å². The molecule has 0 spiro atoms. The summed E-state index contributed by atoms with van der Waals surface area (Å²) in [5, 5.41) is 65.3. The molecule has 3 aromatic rings. The van der Waals surface area contributed by atoms with E-state index in [0.29, 0.717) is 11.4 Å². The number of ether oxygens (including phenoxy) is 8. The van der Waals surface area contributed by atoms with Crippen molar-refractivity contribution in [2.75, 3.05) is 39.6 Å². The van der Waals surface area contributed by atoms with Gasteiger partial charge in [-0.15, -0.1) is 0 Å². The molecule has 4 aliphatic rings. The Hall–Kier alpha value is -5.18. The van der Waals surface area contributed by atoms with Crippen LogP contribution < -0.4 is 16.6 Å². The van der Waals surface area contributed by atoms with E-state index in [-0.39, 0.29) is 63.5 Å². The maximum absolute atomic E-state index is 13.8. The number of esters is 2. The van der Waals surface area contributed by atoms with E-state index in [1.54, 1.807) is 17.6 Å². The average Bonchev–Trinajstić information content (AvgIpc) is 3.64. The van der Waals surface area contributed by atoms with Crippen LogP contribution in [0.15, 0.2) is 41.2 Å². The van der Waals surface area contributed by atoms with Crippen LogP contribution in [0.2, 0.25) is 0 Å². The number of benzene rings is 1. The van der Waals surface area contributed by atoms with Gasteiger partial charge in [0.2, 0.25) is 11.5 Å². The molecule has 64 heavy (non-hydrogen) atoms. The first-order valence-electron chi connectivity index (χ1n) is 20.6. The highest BCUT2D eigenvalue weighted by Crippen LogP contribution is 2.41. The Kier molecular flexibility index (Phi) is 14.6. The van der Waals surface area contributed by atoms with Gasteiger partial charge < -0.3 is 84.2 Å². The number of primary amides is 1. The summed E-state index contributed by atoms with van der Waals surface area (Å²) in [4.78, 5) is 69.3. The molecule has 6 heterocycles. The highest BCUT2D eigenvalue weighted by molar-refractivity contribution is 5.89. The van der Waals surface area contributed by atoms with E-state index < -0.39 is 116 Å². The van der Waals surface area contributed by atoms with Crippen LogP contribution in [0.1, 0.15) is 42.9 Å². The maximum atomic E-state index is 13.8. The van der Waals surface area contributed by atoms with E-state index in [1.807, 2.05) is 30.3 Å². The SMILES string of the molecule is CC[C@@]1(OC(=O)CCC(=O)NCCOCCO[C@H]2O[C@@H](CO)[C@@H](O)[C@H](O)[C@@H]2O[C@H]2O[C@H](CO)[C@@H](O)[C@H](OC(N)=O)[C@@H]2O)C(=O)OCc2c1cc1n(c2=O)Cc2cc3ccccc3nc2-1. The molecule has 0 radical (unpaired) electrons. The summed E-state index contributed by atoms with van der Waals surface area (Å²) >= 11 is 0. The number of aliphatic hydroxyl groups is 6. The summed E-state index contributed by atoms with van der Waals surface area (Å²) in [6, 6.07) is 11.2. The van der Waals surface area contributed by atoms with Crippen LogP contribution in [-0.4, -0.2) is 165 Å². The van der Waals surface area contributed by atoms with Gasteiger partial charge in [-0.05, 0) is 24.6 Å². The number of rotatable bonds is 17. The number of amides is 2. The summed E-state index contributed by atoms with van der Waals surface area (Å²) < 4.78 is 45.3. The van der Waals surface area contributed by atoms with Gasteiger partial charge in [-0.3, -0.25) is 14.4 Å². The minimum absolute atomic E-state index is 0.00118. The number of nitrogens with zero attached hydrogens (tertiary/aromatic N) is 2. The van der Waals surface area contributed by atoms with Gasteiger partial charge in [-0.1, -0.05) is 25.1 Å². The number of carbonyl (C=O) groups is 4. The van der Waals surface area contributed by atoms with Crippen molar-refractivity contribution in [3.05, 3.63) is 63.4 Å². The zero-order valence-corrected chi connectivity index (χ0v) is 34.5. The number of aromatic nitrogens is 2. The number of nitrogens with one attached hydrogen (secondary N) is 1. The Bertz CT molecular complexity index is 2280. The fraction of sp³-hybridized carbons (Fsp3) is 0.561. The summed E-state index contributed by atoms with van der Waals surface area (Å²) in [6.45, 7) is -0.324. The number of aliphatic hydroxyl groups excluding tert-OH is 6. The predicted molar refractivity (Wildman–Crippen MR) is 212 cm³/mol. The smallest absolute Gasteiger partial charge is 0.404 e. The normalized spacial score (nSPS) is 29.6. The lowest BCUT2D eigenvalue weighted by atomic mass is 9.85. The lowest BCUT2D eigenvalue weighted by molar-refractivity contribution is -0.367. The quantitative estimate of drug-likeness (QED) is 0.0303. The molecule has 23 nitrogen and oxygen atoms in total. The number of hydrogen-bond acceptors (Lipinski definition) is 20.